The first-order valence-electron chi connectivity index (χ1n) is 1.97. The summed E-state index contributed by atoms with van der Waals surface area (Å²) < 4.78 is 0. The van der Waals surface area contributed by atoms with Crippen molar-refractivity contribution in [2.24, 2.45) is 0 Å². The molecule has 0 aromatic heterocycles. The molecular formula is C2H7BClNO2. The summed E-state index contributed by atoms with van der Waals surface area (Å²) in [6, 6.07) is 0. The van der Waals surface area contributed by atoms with E-state index >= 15 is 0 Å². The van der Waals surface area contributed by atoms with Crippen molar-refractivity contribution >= 4 is 18.9 Å². The van der Waals surface area contributed by atoms with Crippen LogP contribution in [0.15, 0.2) is 0 Å². The first-order valence-corrected chi connectivity index (χ1v) is 2.35. The Hall–Kier alpha value is 0.235. The van der Waals surface area contributed by atoms with Gasteiger partial charge >= 0.3 is 7.12 Å². The molecular weight excluding hydrogens is 116 g/mol. The SMILES string of the molecule is OB(O)CCNCl. The fourth-order valence-corrected chi connectivity index (χ4v) is 0.293. The minimum atomic E-state index is -1.24. The molecule has 3 N–H and O–H groups in total. The maximum Gasteiger partial charge on any atom is 0.452 e. The molecule has 0 aliphatic rings. The van der Waals surface area contributed by atoms with Gasteiger partial charge in [-0.1, -0.05) is 0 Å². The van der Waals surface area contributed by atoms with Gasteiger partial charge in [0.2, 0.25) is 0 Å². The van der Waals surface area contributed by atoms with Crippen molar-refractivity contribution in [2.75, 3.05) is 6.54 Å². The van der Waals surface area contributed by atoms with E-state index in [2.05, 4.69) is 4.84 Å². The highest BCUT2D eigenvalue weighted by Crippen LogP contribution is 1.79. The van der Waals surface area contributed by atoms with Crippen LogP contribution in [0, 0.1) is 0 Å². The second-order valence-corrected chi connectivity index (χ2v) is 1.42. The van der Waals surface area contributed by atoms with Crippen LogP contribution in [0.5, 0.6) is 0 Å². The maximum atomic E-state index is 8.14. The van der Waals surface area contributed by atoms with Crippen LogP contribution in [0.4, 0.5) is 0 Å². The molecule has 42 valence electrons. The zero-order valence-corrected chi connectivity index (χ0v) is 4.52. The molecule has 0 atom stereocenters. The average molecular weight is 123 g/mol. The van der Waals surface area contributed by atoms with E-state index in [-0.39, 0.29) is 6.32 Å². The van der Waals surface area contributed by atoms with E-state index in [4.69, 9.17) is 21.8 Å². The molecule has 0 aromatic rings. The first-order chi connectivity index (χ1) is 3.27. The van der Waals surface area contributed by atoms with Gasteiger partial charge in [0.25, 0.3) is 0 Å². The van der Waals surface area contributed by atoms with Crippen LogP contribution in [0.25, 0.3) is 0 Å². The van der Waals surface area contributed by atoms with Crippen LogP contribution >= 0.6 is 11.8 Å². The summed E-state index contributed by atoms with van der Waals surface area (Å²) in [4.78, 5) is 2.25. The van der Waals surface area contributed by atoms with E-state index in [0.29, 0.717) is 6.54 Å². The fraction of sp³-hybridized carbons (Fsp3) is 1.00. The number of hydrogen-bond donors (Lipinski definition) is 3. The third-order valence-electron chi connectivity index (χ3n) is 0.497. The van der Waals surface area contributed by atoms with Gasteiger partial charge in [0.1, 0.15) is 0 Å². The van der Waals surface area contributed by atoms with Crippen molar-refractivity contribution in [3.8, 4) is 0 Å². The Morgan fingerprint density at radius 2 is 2.14 bits per heavy atom. The molecule has 3 nitrogen and oxygen atoms in total. The van der Waals surface area contributed by atoms with Gasteiger partial charge in [0.05, 0.1) is 0 Å². The van der Waals surface area contributed by atoms with E-state index in [1.165, 1.54) is 0 Å². The highest BCUT2D eigenvalue weighted by atomic mass is 35.5. The highest BCUT2D eigenvalue weighted by Gasteiger charge is 2.02. The molecule has 0 aliphatic carbocycles. The van der Waals surface area contributed by atoms with Gasteiger partial charge in [-0.2, -0.15) is 0 Å². The lowest BCUT2D eigenvalue weighted by molar-refractivity contribution is 0.405. The molecule has 0 aromatic carbocycles. The number of rotatable bonds is 3. The second kappa shape index (κ2) is 4.40. The van der Waals surface area contributed by atoms with Crippen LogP contribution < -0.4 is 4.84 Å². The molecule has 7 heavy (non-hydrogen) atoms. The van der Waals surface area contributed by atoms with Crippen molar-refractivity contribution in [3.05, 3.63) is 0 Å². The molecule has 0 spiro atoms. The van der Waals surface area contributed by atoms with Gasteiger partial charge in [0, 0.05) is 6.54 Å². The number of nitrogens with one attached hydrogen (secondary N) is 1. The quantitative estimate of drug-likeness (QED) is 0.340. The highest BCUT2D eigenvalue weighted by molar-refractivity contribution is 6.41. The molecule has 0 amide bonds. The van der Waals surface area contributed by atoms with E-state index in [9.17, 15) is 0 Å². The molecule has 0 radical (unpaired) electrons. The van der Waals surface area contributed by atoms with Gasteiger partial charge in [-0.3, -0.25) is 0 Å². The number of halogens is 1. The summed E-state index contributed by atoms with van der Waals surface area (Å²) in [5.74, 6) is 0. The average Bonchev–Trinajstić information content (AvgIpc) is 1.61. The van der Waals surface area contributed by atoms with E-state index < -0.39 is 7.12 Å². The second-order valence-electron chi connectivity index (χ2n) is 1.15. The lowest BCUT2D eigenvalue weighted by atomic mass is 9.87. The Morgan fingerprint density at radius 1 is 1.57 bits per heavy atom. The Labute approximate surface area is 47.6 Å². The predicted molar refractivity (Wildman–Crippen MR) is 28.9 cm³/mol. The largest absolute Gasteiger partial charge is 0.452 e. The van der Waals surface area contributed by atoms with E-state index in [1.807, 2.05) is 0 Å². The summed E-state index contributed by atoms with van der Waals surface area (Å²) in [7, 11) is -1.24. The van der Waals surface area contributed by atoms with Crippen LogP contribution in [0.3, 0.4) is 0 Å². The lowest BCUT2D eigenvalue weighted by Crippen LogP contribution is -2.16. The summed E-state index contributed by atoms with van der Waals surface area (Å²) >= 11 is 4.97. The van der Waals surface area contributed by atoms with Gasteiger partial charge < -0.3 is 10.0 Å². The van der Waals surface area contributed by atoms with Crippen molar-refractivity contribution in [1.29, 1.82) is 0 Å². The zero-order valence-electron chi connectivity index (χ0n) is 3.76. The maximum absolute atomic E-state index is 8.14. The van der Waals surface area contributed by atoms with Crippen LogP contribution in [0.1, 0.15) is 0 Å². The summed E-state index contributed by atoms with van der Waals surface area (Å²) in [5, 5.41) is 16.3. The molecule has 0 fully saturated rings. The van der Waals surface area contributed by atoms with Crippen molar-refractivity contribution in [3.63, 3.8) is 0 Å². The Balaban J connectivity index is 2.68. The van der Waals surface area contributed by atoms with Gasteiger partial charge in [-0.05, 0) is 18.1 Å². The standard InChI is InChI=1S/C2H7BClNO2/c4-5-2-1-3(6)7/h5-7H,1-2H2. The molecule has 0 unspecified atom stereocenters. The molecule has 0 saturated heterocycles. The zero-order chi connectivity index (χ0) is 5.70. The minimum Gasteiger partial charge on any atom is -0.427 e. The summed E-state index contributed by atoms with van der Waals surface area (Å²) in [6.07, 6.45) is 0.267. The summed E-state index contributed by atoms with van der Waals surface area (Å²) in [5.41, 5.74) is 0. The number of hydrogen-bond acceptors (Lipinski definition) is 3. The molecule has 0 heterocycles. The van der Waals surface area contributed by atoms with Gasteiger partial charge in [-0.25, -0.2) is 4.84 Å². The van der Waals surface area contributed by atoms with Crippen LogP contribution in [-0.2, 0) is 0 Å². The lowest BCUT2D eigenvalue weighted by Gasteiger charge is -1.92. The molecule has 5 heteroatoms. The summed E-state index contributed by atoms with van der Waals surface area (Å²) in [6.45, 7) is 0.416. The molecule has 0 rings (SSSR count). The third kappa shape index (κ3) is 6.23. The predicted octanol–water partition coefficient (Wildman–Crippen LogP) is -0.797. The third-order valence-corrected chi connectivity index (χ3v) is 0.686. The molecule has 0 aliphatic heterocycles. The fourth-order valence-electron chi connectivity index (χ4n) is 0.184. The molecule has 0 saturated carbocycles. The van der Waals surface area contributed by atoms with Crippen LogP contribution in [0.2, 0.25) is 6.32 Å². The van der Waals surface area contributed by atoms with E-state index in [0.717, 1.165) is 0 Å². The topological polar surface area (TPSA) is 52.5 Å². The van der Waals surface area contributed by atoms with Crippen molar-refractivity contribution < 1.29 is 10.0 Å². The van der Waals surface area contributed by atoms with Crippen LogP contribution in [-0.4, -0.2) is 23.7 Å². The van der Waals surface area contributed by atoms with Gasteiger partial charge in [-0.15, -0.1) is 0 Å². The monoisotopic (exact) mass is 123 g/mol. The Morgan fingerprint density at radius 3 is 2.29 bits per heavy atom. The Bertz CT molecular complexity index is 44.7. The smallest absolute Gasteiger partial charge is 0.427 e. The molecule has 0 bridgehead atoms. The van der Waals surface area contributed by atoms with Crippen molar-refractivity contribution in [2.45, 2.75) is 6.32 Å². The van der Waals surface area contributed by atoms with Gasteiger partial charge in [0.15, 0.2) is 0 Å². The van der Waals surface area contributed by atoms with E-state index in [1.54, 1.807) is 0 Å². The first kappa shape index (κ1) is 7.23. The Kier molecular flexibility index (Phi) is 4.54. The van der Waals surface area contributed by atoms with Crippen molar-refractivity contribution in [1.82, 2.24) is 4.84 Å². The normalized spacial score (nSPS) is 9.00. The minimum absolute atomic E-state index is 0.267.